The SMILES string of the molecule is CN1CN(Cc2nccs2)CC2=C1CCN(CC#Cc1ccccc1)C2. The molecule has 0 radical (unpaired) electrons. The lowest BCUT2D eigenvalue weighted by Gasteiger charge is -2.42. The molecule has 0 amide bonds. The summed E-state index contributed by atoms with van der Waals surface area (Å²) in [5, 5.41) is 3.25. The molecule has 2 aromatic rings. The molecule has 0 saturated heterocycles. The molecular weight excluding hydrogens is 340 g/mol. The van der Waals surface area contributed by atoms with Gasteiger partial charge in [-0.05, 0) is 17.7 Å². The lowest BCUT2D eigenvalue weighted by atomic mass is 10.0. The smallest absolute Gasteiger partial charge is 0.107 e. The molecule has 0 atom stereocenters. The molecule has 2 aliphatic rings. The van der Waals surface area contributed by atoms with Gasteiger partial charge in [-0.25, -0.2) is 4.98 Å². The van der Waals surface area contributed by atoms with Crippen LogP contribution in [0, 0.1) is 11.8 Å². The molecule has 5 heteroatoms. The molecule has 1 aromatic carbocycles. The Balaban J connectivity index is 1.38. The van der Waals surface area contributed by atoms with Gasteiger partial charge in [0.05, 0.1) is 19.8 Å². The molecule has 4 rings (SSSR count). The van der Waals surface area contributed by atoms with Crippen LogP contribution in [0.2, 0.25) is 0 Å². The van der Waals surface area contributed by atoms with Gasteiger partial charge in [0.2, 0.25) is 0 Å². The monoisotopic (exact) mass is 364 g/mol. The first-order chi connectivity index (χ1) is 12.8. The van der Waals surface area contributed by atoms with Gasteiger partial charge >= 0.3 is 0 Å². The van der Waals surface area contributed by atoms with Crippen molar-refractivity contribution in [3.05, 3.63) is 63.7 Å². The number of rotatable bonds is 3. The van der Waals surface area contributed by atoms with Gasteiger partial charge in [-0.2, -0.15) is 0 Å². The Hall–Kier alpha value is -2.13. The Morgan fingerprint density at radius 2 is 2.00 bits per heavy atom. The Morgan fingerprint density at radius 3 is 2.81 bits per heavy atom. The molecule has 4 nitrogen and oxygen atoms in total. The molecule has 0 unspecified atom stereocenters. The third kappa shape index (κ3) is 4.16. The summed E-state index contributed by atoms with van der Waals surface area (Å²) < 4.78 is 0. The summed E-state index contributed by atoms with van der Waals surface area (Å²) in [6.07, 6.45) is 3.02. The molecule has 0 saturated carbocycles. The fraction of sp³-hybridized carbons (Fsp3) is 0.381. The highest BCUT2D eigenvalue weighted by molar-refractivity contribution is 7.09. The third-order valence-corrected chi connectivity index (χ3v) is 5.69. The summed E-state index contributed by atoms with van der Waals surface area (Å²) in [6.45, 7) is 5.93. The average molecular weight is 365 g/mol. The van der Waals surface area contributed by atoms with Crippen LogP contribution in [-0.4, -0.2) is 59.6 Å². The predicted molar refractivity (Wildman–Crippen MR) is 107 cm³/mol. The Labute approximate surface area is 159 Å². The maximum atomic E-state index is 4.44. The van der Waals surface area contributed by atoms with Crippen molar-refractivity contribution in [2.45, 2.75) is 13.0 Å². The van der Waals surface area contributed by atoms with E-state index in [4.69, 9.17) is 0 Å². The largest absolute Gasteiger partial charge is 0.365 e. The summed E-state index contributed by atoms with van der Waals surface area (Å²) in [7, 11) is 2.22. The summed E-state index contributed by atoms with van der Waals surface area (Å²) in [5.74, 6) is 6.62. The summed E-state index contributed by atoms with van der Waals surface area (Å²) in [6, 6.07) is 10.2. The standard InChI is InChI=1S/C21H24N4S/c1-23-17-25(16-21-22-10-13-26-21)15-19-14-24(12-9-20(19)23)11-5-8-18-6-3-2-4-7-18/h2-4,6-7,10,13H,9,11-12,14-17H2,1H3. The van der Waals surface area contributed by atoms with E-state index in [1.54, 1.807) is 16.9 Å². The molecule has 0 bridgehead atoms. The second kappa shape index (κ2) is 8.05. The number of aromatic nitrogens is 1. The minimum atomic E-state index is 0.835. The second-order valence-electron chi connectivity index (χ2n) is 6.93. The van der Waals surface area contributed by atoms with E-state index in [0.29, 0.717) is 0 Å². The van der Waals surface area contributed by atoms with Gasteiger partial charge in [-0.3, -0.25) is 9.80 Å². The van der Waals surface area contributed by atoms with Gasteiger partial charge in [-0.15, -0.1) is 11.3 Å². The molecule has 2 aliphatic heterocycles. The highest BCUT2D eigenvalue weighted by Gasteiger charge is 2.27. The van der Waals surface area contributed by atoms with Crippen molar-refractivity contribution in [1.82, 2.24) is 19.7 Å². The van der Waals surface area contributed by atoms with Crippen molar-refractivity contribution in [2.75, 3.05) is 39.9 Å². The van der Waals surface area contributed by atoms with Crippen LogP contribution in [0.4, 0.5) is 0 Å². The molecule has 0 aliphatic carbocycles. The van der Waals surface area contributed by atoms with E-state index in [-0.39, 0.29) is 0 Å². The zero-order chi connectivity index (χ0) is 17.8. The minimum absolute atomic E-state index is 0.835. The summed E-state index contributed by atoms with van der Waals surface area (Å²) in [5.41, 5.74) is 4.17. The van der Waals surface area contributed by atoms with Crippen LogP contribution in [0.3, 0.4) is 0 Å². The molecule has 1 aromatic heterocycles. The maximum absolute atomic E-state index is 4.44. The Bertz CT molecular complexity index is 817. The van der Waals surface area contributed by atoms with Crippen LogP contribution in [-0.2, 0) is 6.54 Å². The van der Waals surface area contributed by atoms with E-state index < -0.39 is 0 Å². The molecule has 0 spiro atoms. The van der Waals surface area contributed by atoms with E-state index >= 15 is 0 Å². The van der Waals surface area contributed by atoms with Crippen molar-refractivity contribution in [3.63, 3.8) is 0 Å². The van der Waals surface area contributed by atoms with Crippen molar-refractivity contribution in [1.29, 1.82) is 0 Å². The van der Waals surface area contributed by atoms with Crippen molar-refractivity contribution < 1.29 is 0 Å². The number of hydrogen-bond acceptors (Lipinski definition) is 5. The second-order valence-corrected chi connectivity index (χ2v) is 7.91. The average Bonchev–Trinajstić information content (AvgIpc) is 3.15. The Morgan fingerprint density at radius 1 is 1.15 bits per heavy atom. The van der Waals surface area contributed by atoms with Crippen molar-refractivity contribution in [2.24, 2.45) is 0 Å². The number of hydrogen-bond donors (Lipinski definition) is 0. The zero-order valence-corrected chi connectivity index (χ0v) is 16.0. The Kier molecular flexibility index (Phi) is 5.35. The summed E-state index contributed by atoms with van der Waals surface area (Å²) in [4.78, 5) is 11.8. The van der Waals surface area contributed by atoms with Crippen LogP contribution < -0.4 is 0 Å². The first-order valence-corrected chi connectivity index (χ1v) is 9.95. The predicted octanol–water partition coefficient (Wildman–Crippen LogP) is 2.86. The number of benzene rings is 1. The first kappa shape index (κ1) is 17.3. The highest BCUT2D eigenvalue weighted by atomic mass is 32.1. The molecule has 0 fully saturated rings. The van der Waals surface area contributed by atoms with E-state index in [9.17, 15) is 0 Å². The van der Waals surface area contributed by atoms with Crippen LogP contribution in [0.1, 0.15) is 17.0 Å². The van der Waals surface area contributed by atoms with Crippen molar-refractivity contribution >= 4 is 11.3 Å². The highest BCUT2D eigenvalue weighted by Crippen LogP contribution is 2.26. The van der Waals surface area contributed by atoms with Gasteiger partial charge in [0.15, 0.2) is 0 Å². The van der Waals surface area contributed by atoms with E-state index in [1.165, 1.54) is 10.7 Å². The minimum Gasteiger partial charge on any atom is -0.365 e. The van der Waals surface area contributed by atoms with E-state index in [0.717, 1.165) is 51.4 Å². The fourth-order valence-corrected chi connectivity index (χ4v) is 4.38. The van der Waals surface area contributed by atoms with Crippen LogP contribution in [0.5, 0.6) is 0 Å². The topological polar surface area (TPSA) is 22.6 Å². The number of thiazole rings is 1. The third-order valence-electron chi connectivity index (χ3n) is 4.93. The fourth-order valence-electron chi connectivity index (χ4n) is 3.73. The molecule has 134 valence electrons. The number of nitrogens with zero attached hydrogens (tertiary/aromatic N) is 4. The molecule has 0 N–H and O–H groups in total. The zero-order valence-electron chi connectivity index (χ0n) is 15.2. The normalized spacial score (nSPS) is 18.4. The van der Waals surface area contributed by atoms with E-state index in [2.05, 4.69) is 56.1 Å². The molecule has 3 heterocycles. The lowest BCUT2D eigenvalue weighted by Crippen LogP contribution is -2.47. The van der Waals surface area contributed by atoms with Gasteiger partial charge in [0, 0.05) is 55.9 Å². The van der Waals surface area contributed by atoms with E-state index in [1.807, 2.05) is 24.4 Å². The van der Waals surface area contributed by atoms with Crippen LogP contribution in [0.25, 0.3) is 0 Å². The van der Waals surface area contributed by atoms with Gasteiger partial charge in [0.1, 0.15) is 5.01 Å². The van der Waals surface area contributed by atoms with Gasteiger partial charge in [0.25, 0.3) is 0 Å². The first-order valence-electron chi connectivity index (χ1n) is 9.07. The van der Waals surface area contributed by atoms with Gasteiger partial charge in [-0.1, -0.05) is 30.0 Å². The molecule has 26 heavy (non-hydrogen) atoms. The van der Waals surface area contributed by atoms with Gasteiger partial charge < -0.3 is 4.90 Å². The van der Waals surface area contributed by atoms with Crippen LogP contribution in [0.15, 0.2) is 53.2 Å². The quantitative estimate of drug-likeness (QED) is 0.781. The maximum Gasteiger partial charge on any atom is 0.107 e. The molecular formula is C21H24N4S. The van der Waals surface area contributed by atoms with Crippen LogP contribution >= 0.6 is 11.3 Å². The lowest BCUT2D eigenvalue weighted by molar-refractivity contribution is 0.137. The summed E-state index contributed by atoms with van der Waals surface area (Å²) >= 11 is 1.74. The van der Waals surface area contributed by atoms with Crippen molar-refractivity contribution in [3.8, 4) is 11.8 Å².